The predicted octanol–water partition coefficient (Wildman–Crippen LogP) is 4.81. The fourth-order valence-electron chi connectivity index (χ4n) is 2.44. The highest BCUT2D eigenvalue weighted by Crippen LogP contribution is 2.30. The van der Waals surface area contributed by atoms with Crippen LogP contribution in [-0.2, 0) is 6.18 Å². The Bertz CT molecular complexity index is 920. The number of nitrogens with zero attached hydrogens (tertiary/aromatic N) is 1. The molecular formula is C18H13F3N2O. The summed E-state index contributed by atoms with van der Waals surface area (Å²) in [5.41, 5.74) is 1.01. The molecule has 0 radical (unpaired) electrons. The van der Waals surface area contributed by atoms with Crippen LogP contribution in [-0.4, -0.2) is 10.9 Å². The van der Waals surface area contributed by atoms with Crippen molar-refractivity contribution in [1.82, 2.24) is 4.98 Å². The normalized spacial score (nSPS) is 11.5. The van der Waals surface area contributed by atoms with Gasteiger partial charge in [-0.2, -0.15) is 13.2 Å². The van der Waals surface area contributed by atoms with Crippen LogP contribution in [0.5, 0.6) is 0 Å². The van der Waals surface area contributed by atoms with Crippen molar-refractivity contribution < 1.29 is 18.0 Å². The molecule has 0 aliphatic rings. The van der Waals surface area contributed by atoms with Crippen molar-refractivity contribution in [1.29, 1.82) is 0 Å². The minimum atomic E-state index is -4.49. The Labute approximate surface area is 136 Å². The van der Waals surface area contributed by atoms with Crippen molar-refractivity contribution in [3.63, 3.8) is 0 Å². The van der Waals surface area contributed by atoms with Crippen LogP contribution in [0.15, 0.2) is 54.6 Å². The zero-order chi connectivity index (χ0) is 17.3. The molecule has 24 heavy (non-hydrogen) atoms. The van der Waals surface area contributed by atoms with Crippen LogP contribution >= 0.6 is 0 Å². The molecule has 0 spiro atoms. The van der Waals surface area contributed by atoms with Crippen LogP contribution in [0.3, 0.4) is 0 Å². The largest absolute Gasteiger partial charge is 0.416 e. The van der Waals surface area contributed by atoms with Crippen LogP contribution < -0.4 is 5.32 Å². The molecule has 1 amide bonds. The minimum absolute atomic E-state index is 0.0524. The number of para-hydroxylation sites is 1. The number of halogens is 3. The van der Waals surface area contributed by atoms with E-state index in [9.17, 15) is 18.0 Å². The monoisotopic (exact) mass is 330 g/mol. The van der Waals surface area contributed by atoms with Crippen molar-refractivity contribution in [2.75, 3.05) is 5.32 Å². The van der Waals surface area contributed by atoms with Crippen molar-refractivity contribution in [2.24, 2.45) is 0 Å². The van der Waals surface area contributed by atoms with Gasteiger partial charge in [0.25, 0.3) is 5.91 Å². The number of alkyl halides is 3. The molecule has 6 heteroatoms. The summed E-state index contributed by atoms with van der Waals surface area (Å²) in [5.74, 6) is -0.600. The number of carbonyl (C=O) groups is 1. The number of aromatic nitrogens is 1. The van der Waals surface area contributed by atoms with Crippen LogP contribution in [0.25, 0.3) is 10.9 Å². The summed E-state index contributed by atoms with van der Waals surface area (Å²) in [6, 6.07) is 13.3. The van der Waals surface area contributed by atoms with Gasteiger partial charge in [-0.15, -0.1) is 0 Å². The molecule has 0 saturated heterocycles. The lowest BCUT2D eigenvalue weighted by Gasteiger charge is -2.11. The third-order valence-electron chi connectivity index (χ3n) is 3.54. The van der Waals surface area contributed by atoms with E-state index in [-0.39, 0.29) is 5.56 Å². The standard InChI is InChI=1S/C18H13F3N2O/c1-11-9-16(14-7-2-3-8-15(14)22-11)23-17(24)12-5-4-6-13(10-12)18(19,20)21/h2-10H,1H3,(H,22,23,24). The Kier molecular flexibility index (Phi) is 3.97. The fourth-order valence-corrected chi connectivity index (χ4v) is 2.44. The molecule has 0 aliphatic heterocycles. The van der Waals surface area contributed by atoms with Crippen LogP contribution in [0.1, 0.15) is 21.6 Å². The van der Waals surface area contributed by atoms with Gasteiger partial charge in [0, 0.05) is 16.6 Å². The molecule has 0 atom stereocenters. The second-order valence-electron chi connectivity index (χ2n) is 5.36. The summed E-state index contributed by atoms with van der Waals surface area (Å²) in [6.45, 7) is 1.78. The van der Waals surface area contributed by atoms with E-state index in [4.69, 9.17) is 0 Å². The van der Waals surface area contributed by atoms with Crippen LogP contribution in [0.2, 0.25) is 0 Å². The third kappa shape index (κ3) is 3.22. The summed E-state index contributed by atoms with van der Waals surface area (Å²) in [5, 5.41) is 3.40. The summed E-state index contributed by atoms with van der Waals surface area (Å²) in [4.78, 5) is 16.7. The van der Waals surface area contributed by atoms with Gasteiger partial charge in [-0.1, -0.05) is 24.3 Å². The molecule has 3 aromatic rings. The van der Waals surface area contributed by atoms with Crippen molar-refractivity contribution in [3.8, 4) is 0 Å². The van der Waals surface area contributed by atoms with Gasteiger partial charge in [-0.05, 0) is 37.3 Å². The number of aryl methyl sites for hydroxylation is 1. The second kappa shape index (κ2) is 5.96. The molecule has 0 aliphatic carbocycles. The fraction of sp³-hybridized carbons (Fsp3) is 0.111. The predicted molar refractivity (Wildman–Crippen MR) is 85.9 cm³/mol. The number of pyridine rings is 1. The number of fused-ring (bicyclic) bond motifs is 1. The molecule has 0 saturated carbocycles. The number of anilines is 1. The zero-order valence-electron chi connectivity index (χ0n) is 12.7. The van der Waals surface area contributed by atoms with Gasteiger partial charge in [-0.3, -0.25) is 9.78 Å². The minimum Gasteiger partial charge on any atom is -0.321 e. The number of nitrogens with one attached hydrogen (secondary N) is 1. The number of amides is 1. The lowest BCUT2D eigenvalue weighted by Crippen LogP contribution is -2.14. The molecule has 1 heterocycles. The average Bonchev–Trinajstić information content (AvgIpc) is 2.54. The summed E-state index contributed by atoms with van der Waals surface area (Å²) in [7, 11) is 0. The molecule has 2 aromatic carbocycles. The molecule has 0 bridgehead atoms. The highest BCUT2D eigenvalue weighted by molar-refractivity contribution is 6.08. The summed E-state index contributed by atoms with van der Waals surface area (Å²) in [6.07, 6.45) is -4.49. The molecule has 122 valence electrons. The van der Waals surface area contributed by atoms with E-state index in [0.717, 1.165) is 17.5 Å². The Morgan fingerprint density at radius 3 is 2.54 bits per heavy atom. The maximum atomic E-state index is 12.8. The van der Waals surface area contributed by atoms with E-state index in [1.54, 1.807) is 25.1 Å². The van der Waals surface area contributed by atoms with E-state index in [2.05, 4.69) is 10.3 Å². The number of carbonyl (C=O) groups excluding carboxylic acids is 1. The first-order chi connectivity index (χ1) is 11.3. The van der Waals surface area contributed by atoms with E-state index in [1.165, 1.54) is 12.1 Å². The number of benzene rings is 2. The van der Waals surface area contributed by atoms with E-state index >= 15 is 0 Å². The van der Waals surface area contributed by atoms with Crippen molar-refractivity contribution >= 4 is 22.5 Å². The molecule has 3 nitrogen and oxygen atoms in total. The zero-order valence-corrected chi connectivity index (χ0v) is 12.7. The van der Waals surface area contributed by atoms with Crippen molar-refractivity contribution in [2.45, 2.75) is 13.1 Å². The van der Waals surface area contributed by atoms with Gasteiger partial charge in [-0.25, -0.2) is 0 Å². The maximum Gasteiger partial charge on any atom is 0.416 e. The maximum absolute atomic E-state index is 12.8. The van der Waals surface area contributed by atoms with E-state index in [0.29, 0.717) is 16.9 Å². The summed E-state index contributed by atoms with van der Waals surface area (Å²) < 4.78 is 38.3. The smallest absolute Gasteiger partial charge is 0.321 e. The molecule has 1 aromatic heterocycles. The first-order valence-corrected chi connectivity index (χ1v) is 7.19. The Morgan fingerprint density at radius 2 is 1.79 bits per heavy atom. The quantitative estimate of drug-likeness (QED) is 0.732. The molecular weight excluding hydrogens is 317 g/mol. The Morgan fingerprint density at radius 1 is 1.04 bits per heavy atom. The first kappa shape index (κ1) is 16.0. The average molecular weight is 330 g/mol. The highest BCUT2D eigenvalue weighted by atomic mass is 19.4. The summed E-state index contributed by atoms with van der Waals surface area (Å²) >= 11 is 0. The molecule has 3 rings (SSSR count). The van der Waals surface area contributed by atoms with Crippen LogP contribution in [0.4, 0.5) is 18.9 Å². The van der Waals surface area contributed by atoms with Crippen LogP contribution in [0, 0.1) is 6.92 Å². The number of rotatable bonds is 2. The van der Waals surface area contributed by atoms with Gasteiger partial charge < -0.3 is 5.32 Å². The topological polar surface area (TPSA) is 42.0 Å². The van der Waals surface area contributed by atoms with E-state index < -0.39 is 17.6 Å². The van der Waals surface area contributed by atoms with Gasteiger partial charge in [0.2, 0.25) is 0 Å². The SMILES string of the molecule is Cc1cc(NC(=O)c2cccc(C(F)(F)F)c2)c2ccccc2n1. The number of hydrogen-bond donors (Lipinski definition) is 1. The third-order valence-corrected chi connectivity index (χ3v) is 3.54. The Balaban J connectivity index is 1.96. The first-order valence-electron chi connectivity index (χ1n) is 7.19. The lowest BCUT2D eigenvalue weighted by atomic mass is 10.1. The highest BCUT2D eigenvalue weighted by Gasteiger charge is 2.30. The number of hydrogen-bond acceptors (Lipinski definition) is 2. The Hall–Kier alpha value is -2.89. The molecule has 0 unspecified atom stereocenters. The molecule has 1 N–H and O–H groups in total. The molecule has 0 fully saturated rings. The lowest BCUT2D eigenvalue weighted by molar-refractivity contribution is -0.137. The second-order valence-corrected chi connectivity index (χ2v) is 5.36. The van der Waals surface area contributed by atoms with Gasteiger partial charge in [0.05, 0.1) is 16.8 Å². The van der Waals surface area contributed by atoms with E-state index in [1.807, 2.05) is 12.1 Å². The van der Waals surface area contributed by atoms with Gasteiger partial charge >= 0.3 is 6.18 Å². The van der Waals surface area contributed by atoms with Gasteiger partial charge in [0.1, 0.15) is 0 Å². The van der Waals surface area contributed by atoms with Gasteiger partial charge in [0.15, 0.2) is 0 Å². The van der Waals surface area contributed by atoms with Crippen molar-refractivity contribution in [3.05, 3.63) is 71.4 Å².